The van der Waals surface area contributed by atoms with E-state index >= 15 is 0 Å². The van der Waals surface area contributed by atoms with E-state index in [1.54, 1.807) is 0 Å². The van der Waals surface area contributed by atoms with Gasteiger partial charge >= 0.3 is 0 Å². The standard InChI is InChI=1S/C22H19BrN2O2/c1-3-26-18-11-7-15(8-12-18)19-13-21(16-5-9-17(23)10-6-16)25-22(27-4-2)20(19)14-24/h5-13H,3-4H2,1-2H3. The first-order valence-corrected chi connectivity index (χ1v) is 9.52. The molecule has 0 aliphatic rings. The summed E-state index contributed by atoms with van der Waals surface area (Å²) in [5.74, 6) is 1.15. The minimum Gasteiger partial charge on any atom is -0.494 e. The predicted molar refractivity (Wildman–Crippen MR) is 110 cm³/mol. The van der Waals surface area contributed by atoms with Crippen LogP contribution in [0.1, 0.15) is 19.4 Å². The molecular formula is C22H19BrN2O2. The molecule has 0 fully saturated rings. The van der Waals surface area contributed by atoms with Gasteiger partial charge in [-0.15, -0.1) is 0 Å². The molecule has 2 aromatic carbocycles. The third-order valence-corrected chi connectivity index (χ3v) is 4.52. The minimum absolute atomic E-state index is 0.351. The molecule has 3 aromatic rings. The highest BCUT2D eigenvalue weighted by Crippen LogP contribution is 2.34. The molecule has 3 rings (SSSR count). The van der Waals surface area contributed by atoms with Gasteiger partial charge in [-0.25, -0.2) is 4.98 Å². The highest BCUT2D eigenvalue weighted by atomic mass is 79.9. The van der Waals surface area contributed by atoms with Gasteiger partial charge in [0.15, 0.2) is 0 Å². The molecule has 0 spiro atoms. The molecule has 27 heavy (non-hydrogen) atoms. The third-order valence-electron chi connectivity index (χ3n) is 4.00. The molecule has 1 aromatic heterocycles. The van der Waals surface area contributed by atoms with Crippen LogP contribution in [0.3, 0.4) is 0 Å². The van der Waals surface area contributed by atoms with Gasteiger partial charge in [0.2, 0.25) is 5.88 Å². The monoisotopic (exact) mass is 422 g/mol. The number of ether oxygens (including phenoxy) is 2. The minimum atomic E-state index is 0.351. The number of pyridine rings is 1. The molecule has 0 unspecified atom stereocenters. The molecule has 4 nitrogen and oxygen atoms in total. The largest absolute Gasteiger partial charge is 0.494 e. The topological polar surface area (TPSA) is 55.1 Å². The zero-order valence-electron chi connectivity index (χ0n) is 15.2. The lowest BCUT2D eigenvalue weighted by atomic mass is 9.98. The van der Waals surface area contributed by atoms with Crippen molar-refractivity contribution >= 4 is 15.9 Å². The van der Waals surface area contributed by atoms with E-state index < -0.39 is 0 Å². The Bertz CT molecular complexity index is 961. The molecule has 0 aliphatic heterocycles. The van der Waals surface area contributed by atoms with Gasteiger partial charge in [-0.1, -0.05) is 40.2 Å². The molecule has 0 N–H and O–H groups in total. The number of hydrogen-bond acceptors (Lipinski definition) is 4. The van der Waals surface area contributed by atoms with Gasteiger partial charge in [0.05, 0.1) is 18.9 Å². The van der Waals surface area contributed by atoms with Crippen molar-refractivity contribution in [1.29, 1.82) is 5.26 Å². The first kappa shape index (κ1) is 18.9. The van der Waals surface area contributed by atoms with Gasteiger partial charge in [-0.3, -0.25) is 0 Å². The van der Waals surface area contributed by atoms with E-state index in [-0.39, 0.29) is 0 Å². The fraction of sp³-hybridized carbons (Fsp3) is 0.182. The number of benzene rings is 2. The number of hydrogen-bond donors (Lipinski definition) is 0. The van der Waals surface area contributed by atoms with E-state index in [4.69, 9.17) is 9.47 Å². The van der Waals surface area contributed by atoms with Gasteiger partial charge in [0.1, 0.15) is 17.4 Å². The van der Waals surface area contributed by atoms with Gasteiger partial charge in [0, 0.05) is 15.6 Å². The van der Waals surface area contributed by atoms with Gasteiger partial charge in [-0.05, 0) is 49.7 Å². The second kappa shape index (κ2) is 8.70. The molecular weight excluding hydrogens is 404 g/mol. The summed E-state index contributed by atoms with van der Waals surface area (Å²) in [5.41, 5.74) is 3.85. The lowest BCUT2D eigenvalue weighted by molar-refractivity contribution is 0.326. The Kier molecular flexibility index (Phi) is 6.10. The molecule has 0 radical (unpaired) electrons. The highest BCUT2D eigenvalue weighted by Gasteiger charge is 2.16. The van der Waals surface area contributed by atoms with E-state index in [0.717, 1.165) is 32.6 Å². The fourth-order valence-electron chi connectivity index (χ4n) is 2.76. The average molecular weight is 423 g/mol. The van der Waals surface area contributed by atoms with Gasteiger partial charge in [-0.2, -0.15) is 5.26 Å². The zero-order chi connectivity index (χ0) is 19.2. The summed E-state index contributed by atoms with van der Waals surface area (Å²) in [6, 6.07) is 19.8. The van der Waals surface area contributed by atoms with Crippen LogP contribution in [0.5, 0.6) is 11.6 Å². The zero-order valence-corrected chi connectivity index (χ0v) is 16.8. The maximum atomic E-state index is 9.72. The molecule has 0 bridgehead atoms. The summed E-state index contributed by atoms with van der Waals surface area (Å²) >= 11 is 3.45. The quantitative estimate of drug-likeness (QED) is 0.499. The Hall–Kier alpha value is -2.84. The molecule has 0 saturated heterocycles. The Morgan fingerprint density at radius 1 is 0.926 bits per heavy atom. The second-order valence-corrected chi connectivity index (χ2v) is 6.66. The maximum Gasteiger partial charge on any atom is 0.232 e. The Labute approximate surface area is 167 Å². The number of nitrogens with zero attached hydrogens (tertiary/aromatic N) is 2. The van der Waals surface area contributed by atoms with Gasteiger partial charge < -0.3 is 9.47 Å². The van der Waals surface area contributed by atoms with Crippen LogP contribution in [-0.4, -0.2) is 18.2 Å². The summed E-state index contributed by atoms with van der Waals surface area (Å²) < 4.78 is 12.2. The van der Waals surface area contributed by atoms with Crippen molar-refractivity contribution in [3.63, 3.8) is 0 Å². The van der Waals surface area contributed by atoms with Crippen molar-refractivity contribution in [1.82, 2.24) is 4.98 Å². The molecule has 0 amide bonds. The lowest BCUT2D eigenvalue weighted by Crippen LogP contribution is -2.01. The SMILES string of the molecule is CCOc1ccc(-c2cc(-c3ccc(Br)cc3)nc(OCC)c2C#N)cc1. The van der Waals surface area contributed by atoms with Crippen molar-refractivity contribution in [3.05, 3.63) is 64.6 Å². The third kappa shape index (κ3) is 4.29. The van der Waals surface area contributed by atoms with Crippen molar-refractivity contribution in [2.45, 2.75) is 13.8 Å². The van der Waals surface area contributed by atoms with Crippen LogP contribution in [0.4, 0.5) is 0 Å². The fourth-order valence-corrected chi connectivity index (χ4v) is 3.03. The first-order valence-electron chi connectivity index (χ1n) is 8.73. The van der Waals surface area contributed by atoms with Crippen LogP contribution >= 0.6 is 15.9 Å². The van der Waals surface area contributed by atoms with Crippen molar-refractivity contribution in [3.8, 4) is 40.1 Å². The van der Waals surface area contributed by atoms with Gasteiger partial charge in [0.25, 0.3) is 0 Å². The van der Waals surface area contributed by atoms with E-state index in [2.05, 4.69) is 27.0 Å². The maximum absolute atomic E-state index is 9.72. The van der Waals surface area contributed by atoms with E-state index in [0.29, 0.717) is 24.7 Å². The molecule has 5 heteroatoms. The van der Waals surface area contributed by atoms with Crippen molar-refractivity contribution in [2.24, 2.45) is 0 Å². The number of rotatable bonds is 6. The van der Waals surface area contributed by atoms with E-state index in [1.807, 2.05) is 68.4 Å². The van der Waals surface area contributed by atoms with E-state index in [9.17, 15) is 5.26 Å². The van der Waals surface area contributed by atoms with Crippen LogP contribution in [-0.2, 0) is 0 Å². The normalized spacial score (nSPS) is 10.3. The average Bonchev–Trinajstić information content (AvgIpc) is 2.69. The molecule has 136 valence electrons. The van der Waals surface area contributed by atoms with E-state index in [1.165, 1.54) is 0 Å². The van der Waals surface area contributed by atoms with Crippen LogP contribution < -0.4 is 9.47 Å². The highest BCUT2D eigenvalue weighted by molar-refractivity contribution is 9.10. The summed E-state index contributed by atoms with van der Waals surface area (Å²) in [6.45, 7) is 4.88. The number of halogens is 1. The van der Waals surface area contributed by atoms with Crippen LogP contribution in [0.25, 0.3) is 22.4 Å². The summed E-state index contributed by atoms with van der Waals surface area (Å²) in [4.78, 5) is 4.58. The first-order chi connectivity index (χ1) is 13.2. The predicted octanol–water partition coefficient (Wildman–Crippen LogP) is 5.85. The summed E-state index contributed by atoms with van der Waals surface area (Å²) in [6.07, 6.45) is 0. The Balaban J connectivity index is 2.15. The Morgan fingerprint density at radius 2 is 1.56 bits per heavy atom. The van der Waals surface area contributed by atoms with Crippen LogP contribution in [0.2, 0.25) is 0 Å². The Morgan fingerprint density at radius 3 is 2.15 bits per heavy atom. The molecule has 1 heterocycles. The van der Waals surface area contributed by atoms with Crippen molar-refractivity contribution < 1.29 is 9.47 Å². The summed E-state index contributed by atoms with van der Waals surface area (Å²) in [7, 11) is 0. The van der Waals surface area contributed by atoms with Crippen LogP contribution in [0.15, 0.2) is 59.1 Å². The molecule has 0 aliphatic carbocycles. The second-order valence-electron chi connectivity index (χ2n) is 5.74. The lowest BCUT2D eigenvalue weighted by Gasteiger charge is -2.13. The summed E-state index contributed by atoms with van der Waals surface area (Å²) in [5, 5.41) is 9.72. The van der Waals surface area contributed by atoms with Crippen molar-refractivity contribution in [2.75, 3.05) is 13.2 Å². The smallest absolute Gasteiger partial charge is 0.232 e. The molecule has 0 atom stereocenters. The molecule has 0 saturated carbocycles. The number of aromatic nitrogens is 1. The van der Waals surface area contributed by atoms with Crippen LogP contribution in [0, 0.1) is 11.3 Å². The number of nitriles is 1.